The Morgan fingerprint density at radius 2 is 2.08 bits per heavy atom. The number of piperazine rings is 1. The molecule has 0 spiro atoms. The van der Waals surface area contributed by atoms with Crippen LogP contribution in [0.3, 0.4) is 0 Å². The summed E-state index contributed by atoms with van der Waals surface area (Å²) in [6.45, 7) is 3.45. The molecule has 1 saturated heterocycles. The molecule has 1 amide bonds. The lowest BCUT2D eigenvalue weighted by atomic mass is 10.0. The van der Waals surface area contributed by atoms with Gasteiger partial charge < -0.3 is 5.32 Å². The second-order valence-electron chi connectivity index (χ2n) is 6.30. The van der Waals surface area contributed by atoms with Crippen molar-refractivity contribution >= 4 is 22.2 Å². The minimum atomic E-state index is -0.533. The van der Waals surface area contributed by atoms with Gasteiger partial charge in [-0.3, -0.25) is 18.9 Å². The third kappa shape index (κ3) is 3.13. The van der Waals surface area contributed by atoms with E-state index in [1.165, 1.54) is 33.9 Å². The number of nitrogens with one attached hydrogen (secondary N) is 1. The van der Waals surface area contributed by atoms with E-state index < -0.39 is 6.04 Å². The van der Waals surface area contributed by atoms with Crippen molar-refractivity contribution < 1.29 is 9.18 Å². The highest BCUT2D eigenvalue weighted by Gasteiger charge is 2.31. The molecule has 1 aliphatic rings. The van der Waals surface area contributed by atoms with Crippen LogP contribution in [0.25, 0.3) is 4.96 Å². The van der Waals surface area contributed by atoms with Crippen molar-refractivity contribution in [3.8, 4) is 0 Å². The molecule has 134 valence electrons. The number of nitrogens with zero attached hydrogens (tertiary/aromatic N) is 3. The fraction of sp³-hybridized carbons (Fsp3) is 0.278. The average Bonchev–Trinajstić information content (AvgIpc) is 2.97. The van der Waals surface area contributed by atoms with Crippen LogP contribution < -0.4 is 10.9 Å². The van der Waals surface area contributed by atoms with Crippen molar-refractivity contribution in [1.82, 2.24) is 19.6 Å². The van der Waals surface area contributed by atoms with Crippen LogP contribution in [0.2, 0.25) is 0 Å². The molecule has 1 aromatic carbocycles. The molecule has 0 saturated carbocycles. The van der Waals surface area contributed by atoms with E-state index in [9.17, 15) is 14.0 Å². The van der Waals surface area contributed by atoms with Gasteiger partial charge in [0, 0.05) is 36.8 Å². The lowest BCUT2D eigenvalue weighted by molar-refractivity contribution is -0.129. The summed E-state index contributed by atoms with van der Waals surface area (Å²) in [6.07, 6.45) is 1.77. The van der Waals surface area contributed by atoms with E-state index in [0.29, 0.717) is 35.9 Å². The van der Waals surface area contributed by atoms with Crippen LogP contribution in [0.1, 0.15) is 22.2 Å². The zero-order valence-electron chi connectivity index (χ0n) is 14.1. The molecule has 1 N–H and O–H groups in total. The van der Waals surface area contributed by atoms with E-state index in [2.05, 4.69) is 10.3 Å². The van der Waals surface area contributed by atoms with E-state index in [4.69, 9.17) is 0 Å². The van der Waals surface area contributed by atoms with Gasteiger partial charge in [-0.1, -0.05) is 12.1 Å². The standard InChI is InChI=1S/C18H17FN4O2S/c1-11-9-23-15(24)8-14(21-18(23)26-11)10-22-7-6-20-17(25)16(22)12-2-4-13(19)5-3-12/h2-5,8-9,16H,6-7,10H2,1H3,(H,20,25)/t16-/m0/s1. The second-order valence-corrected chi connectivity index (χ2v) is 7.51. The van der Waals surface area contributed by atoms with Crippen molar-refractivity contribution in [3.63, 3.8) is 0 Å². The van der Waals surface area contributed by atoms with Crippen molar-refractivity contribution in [2.75, 3.05) is 13.1 Å². The zero-order valence-corrected chi connectivity index (χ0v) is 14.9. The van der Waals surface area contributed by atoms with E-state index in [1.807, 2.05) is 11.8 Å². The molecule has 3 heterocycles. The highest BCUT2D eigenvalue weighted by atomic mass is 32.1. The lowest BCUT2D eigenvalue weighted by Gasteiger charge is -2.35. The Kier molecular flexibility index (Phi) is 4.29. The first-order chi connectivity index (χ1) is 12.5. The molecule has 0 aliphatic carbocycles. The van der Waals surface area contributed by atoms with Crippen LogP contribution in [-0.4, -0.2) is 33.3 Å². The van der Waals surface area contributed by atoms with E-state index in [0.717, 1.165) is 4.88 Å². The van der Waals surface area contributed by atoms with Crippen LogP contribution in [0.15, 0.2) is 41.3 Å². The molecule has 26 heavy (non-hydrogen) atoms. The molecular formula is C18H17FN4O2S. The van der Waals surface area contributed by atoms with Gasteiger partial charge in [0.15, 0.2) is 4.96 Å². The van der Waals surface area contributed by atoms with Crippen molar-refractivity contribution in [2.45, 2.75) is 19.5 Å². The van der Waals surface area contributed by atoms with Gasteiger partial charge in [0.05, 0.1) is 5.69 Å². The molecule has 2 aromatic heterocycles. The number of benzene rings is 1. The number of aromatic nitrogens is 2. The molecule has 0 unspecified atom stereocenters. The zero-order chi connectivity index (χ0) is 18.3. The minimum Gasteiger partial charge on any atom is -0.353 e. The first kappa shape index (κ1) is 16.9. The van der Waals surface area contributed by atoms with Crippen LogP contribution in [0.4, 0.5) is 4.39 Å². The summed E-state index contributed by atoms with van der Waals surface area (Å²) in [5, 5.41) is 2.85. The fourth-order valence-electron chi connectivity index (χ4n) is 3.24. The summed E-state index contributed by atoms with van der Waals surface area (Å²) in [5.41, 5.74) is 1.21. The highest BCUT2D eigenvalue weighted by Crippen LogP contribution is 2.25. The largest absolute Gasteiger partial charge is 0.353 e. The third-order valence-electron chi connectivity index (χ3n) is 4.40. The lowest BCUT2D eigenvalue weighted by Crippen LogP contribution is -2.49. The number of hydrogen-bond donors (Lipinski definition) is 1. The summed E-state index contributed by atoms with van der Waals surface area (Å²) < 4.78 is 14.8. The maximum Gasteiger partial charge on any atom is 0.258 e. The summed E-state index contributed by atoms with van der Waals surface area (Å²) >= 11 is 1.45. The van der Waals surface area contributed by atoms with Crippen LogP contribution in [0, 0.1) is 12.7 Å². The number of rotatable bonds is 3. The smallest absolute Gasteiger partial charge is 0.258 e. The molecule has 1 aliphatic heterocycles. The summed E-state index contributed by atoms with van der Waals surface area (Å²) in [5.74, 6) is -0.475. The summed E-state index contributed by atoms with van der Waals surface area (Å²) in [7, 11) is 0. The Balaban J connectivity index is 1.67. The maximum absolute atomic E-state index is 13.2. The number of carbonyl (C=O) groups is 1. The average molecular weight is 372 g/mol. The predicted molar refractivity (Wildman–Crippen MR) is 96.6 cm³/mol. The number of amides is 1. The van der Waals surface area contributed by atoms with Gasteiger partial charge in [0.25, 0.3) is 5.56 Å². The first-order valence-corrected chi connectivity index (χ1v) is 9.09. The van der Waals surface area contributed by atoms with Gasteiger partial charge in [-0.2, -0.15) is 0 Å². The topological polar surface area (TPSA) is 66.7 Å². The fourth-order valence-corrected chi connectivity index (χ4v) is 4.09. The Morgan fingerprint density at radius 3 is 2.85 bits per heavy atom. The third-order valence-corrected chi connectivity index (χ3v) is 5.30. The molecule has 3 aromatic rings. The second kappa shape index (κ2) is 6.62. The minimum absolute atomic E-state index is 0.130. The van der Waals surface area contributed by atoms with Gasteiger partial charge in [-0.05, 0) is 24.6 Å². The SMILES string of the molecule is Cc1cn2c(=O)cc(CN3CCNC(=O)[C@@H]3c3ccc(F)cc3)nc2s1. The quantitative estimate of drug-likeness (QED) is 0.762. The summed E-state index contributed by atoms with van der Waals surface area (Å²) in [4.78, 5) is 32.9. The molecule has 1 atom stereocenters. The van der Waals surface area contributed by atoms with Crippen molar-refractivity contribution in [2.24, 2.45) is 0 Å². The Hall–Kier alpha value is -2.58. The van der Waals surface area contributed by atoms with Crippen LogP contribution in [0.5, 0.6) is 0 Å². The maximum atomic E-state index is 13.2. The number of fused-ring (bicyclic) bond motifs is 1. The molecular weight excluding hydrogens is 355 g/mol. The van der Waals surface area contributed by atoms with Crippen molar-refractivity contribution in [1.29, 1.82) is 0 Å². The van der Waals surface area contributed by atoms with Crippen LogP contribution >= 0.6 is 11.3 Å². The normalized spacial score (nSPS) is 18.2. The van der Waals surface area contributed by atoms with Crippen LogP contribution in [-0.2, 0) is 11.3 Å². The number of hydrogen-bond acceptors (Lipinski definition) is 5. The van der Waals surface area contributed by atoms with Gasteiger partial charge in [-0.25, -0.2) is 9.37 Å². The van der Waals surface area contributed by atoms with Gasteiger partial charge >= 0.3 is 0 Å². The molecule has 0 radical (unpaired) electrons. The molecule has 0 bridgehead atoms. The van der Waals surface area contributed by atoms with Gasteiger partial charge in [-0.15, -0.1) is 11.3 Å². The van der Waals surface area contributed by atoms with Gasteiger partial charge in [0.1, 0.15) is 11.9 Å². The highest BCUT2D eigenvalue weighted by molar-refractivity contribution is 7.16. The molecule has 8 heteroatoms. The number of carbonyl (C=O) groups excluding carboxylic acids is 1. The Labute approximate surface area is 152 Å². The molecule has 6 nitrogen and oxygen atoms in total. The first-order valence-electron chi connectivity index (χ1n) is 8.27. The number of aryl methyl sites for hydroxylation is 1. The van der Waals surface area contributed by atoms with E-state index in [-0.39, 0.29) is 17.3 Å². The van der Waals surface area contributed by atoms with E-state index in [1.54, 1.807) is 18.3 Å². The molecule has 4 rings (SSSR count). The molecule has 1 fully saturated rings. The monoisotopic (exact) mass is 372 g/mol. The number of halogens is 1. The van der Waals surface area contributed by atoms with E-state index >= 15 is 0 Å². The van der Waals surface area contributed by atoms with Crippen molar-refractivity contribution in [3.05, 3.63) is 68.8 Å². The Morgan fingerprint density at radius 1 is 1.31 bits per heavy atom. The number of thiazole rings is 1. The summed E-state index contributed by atoms with van der Waals surface area (Å²) in [6, 6.07) is 6.90. The Bertz CT molecular complexity index is 1030. The van der Waals surface area contributed by atoms with Gasteiger partial charge in [0.2, 0.25) is 5.91 Å². The predicted octanol–water partition coefficient (Wildman–Crippen LogP) is 1.88.